The summed E-state index contributed by atoms with van der Waals surface area (Å²) in [5, 5.41) is 35.3. The van der Waals surface area contributed by atoms with Crippen LogP contribution >= 0.6 is 0 Å². The van der Waals surface area contributed by atoms with E-state index in [0.717, 1.165) is 62.7 Å². The van der Waals surface area contributed by atoms with Crippen LogP contribution in [0.5, 0.6) is 0 Å². The number of carbonyl (C=O) groups is 1. The number of aliphatic hydroxyl groups excluding tert-OH is 2. The predicted molar refractivity (Wildman–Crippen MR) is 197 cm³/mol. The number of nitrogens with zero attached hydrogens (tertiary/aromatic N) is 1. The molecule has 0 radical (unpaired) electrons. The number of ketones is 1. The van der Waals surface area contributed by atoms with E-state index in [4.69, 9.17) is 9.47 Å². The molecular formula is C44H57NO6. The first-order chi connectivity index (χ1) is 24.5. The van der Waals surface area contributed by atoms with Gasteiger partial charge in [0.25, 0.3) is 0 Å². The van der Waals surface area contributed by atoms with Gasteiger partial charge < -0.3 is 24.8 Å². The van der Waals surface area contributed by atoms with Crippen molar-refractivity contribution in [2.75, 3.05) is 32.8 Å². The number of carbonyl (C=O) groups excluding carboxylic acids is 1. The zero-order chi connectivity index (χ0) is 35.5. The molecule has 2 bridgehead atoms. The Morgan fingerprint density at radius 2 is 1.65 bits per heavy atom. The predicted octanol–water partition coefficient (Wildman–Crippen LogP) is 6.52. The van der Waals surface area contributed by atoms with Gasteiger partial charge in [0.05, 0.1) is 37.1 Å². The van der Waals surface area contributed by atoms with Crippen molar-refractivity contribution in [3.05, 3.63) is 95.6 Å². The van der Waals surface area contributed by atoms with Crippen molar-refractivity contribution >= 4 is 5.78 Å². The smallest absolute Gasteiger partial charge is 0.189 e. The molecule has 7 nitrogen and oxygen atoms in total. The Morgan fingerprint density at radius 3 is 2.39 bits per heavy atom. The molecule has 274 valence electrons. The molecule has 10 atom stereocenters. The van der Waals surface area contributed by atoms with Gasteiger partial charge in [-0.25, -0.2) is 0 Å². The number of fused-ring (bicyclic) bond motifs is 1. The van der Waals surface area contributed by atoms with Crippen molar-refractivity contribution < 1.29 is 29.6 Å². The van der Waals surface area contributed by atoms with Crippen LogP contribution in [0.25, 0.3) is 0 Å². The van der Waals surface area contributed by atoms with E-state index in [1.807, 2.05) is 60.7 Å². The first-order valence-corrected chi connectivity index (χ1v) is 19.6. The zero-order valence-corrected chi connectivity index (χ0v) is 30.5. The average Bonchev–Trinajstić information content (AvgIpc) is 3.73. The largest absolute Gasteiger partial charge is 0.393 e. The maximum Gasteiger partial charge on any atom is 0.189 e. The van der Waals surface area contributed by atoms with E-state index < -0.39 is 22.5 Å². The Hall–Kier alpha value is -2.65. The standard InChI is InChI=1S/C44H57NO6/c1-40-18-15-33(46)24-42(40)21-22-44(36(25-42)39(48)32-12-7-4-8-13-32)37(40)16-19-41(2)38(44)17-20-43(41,49)30-45(27-35-14-9-23-51-35)26-34(47)29-50-28-31-10-5-3-6-11-31/h3-8,10-13,21-22,25,33-35,37-38,46-47,49H,9,14-20,23-24,26-30H2,1-2H3. The molecule has 7 heteroatoms. The van der Waals surface area contributed by atoms with Gasteiger partial charge in [-0.15, -0.1) is 0 Å². The molecule has 1 heterocycles. The Labute approximate surface area is 303 Å². The van der Waals surface area contributed by atoms with Gasteiger partial charge in [-0.2, -0.15) is 0 Å². The van der Waals surface area contributed by atoms with Crippen molar-refractivity contribution in [3.63, 3.8) is 0 Å². The molecule has 3 N–H and O–H groups in total. The van der Waals surface area contributed by atoms with E-state index in [1.54, 1.807) is 0 Å². The van der Waals surface area contributed by atoms with Gasteiger partial charge in [0.15, 0.2) is 5.78 Å². The van der Waals surface area contributed by atoms with Gasteiger partial charge in [-0.05, 0) is 80.6 Å². The number of benzene rings is 2. The number of Topliss-reactive ketones (excluding diaryl/α,β-unsaturated/α-hetero) is 1. The van der Waals surface area contributed by atoms with Crippen LogP contribution in [-0.2, 0) is 16.1 Å². The topological polar surface area (TPSA) is 99.5 Å². The number of hydrogen-bond donors (Lipinski definition) is 3. The quantitative estimate of drug-likeness (QED) is 0.172. The van der Waals surface area contributed by atoms with E-state index in [2.05, 4.69) is 37.0 Å². The highest BCUT2D eigenvalue weighted by molar-refractivity contribution is 6.10. The summed E-state index contributed by atoms with van der Waals surface area (Å²) in [5.41, 5.74) is 0.293. The van der Waals surface area contributed by atoms with Gasteiger partial charge in [0.1, 0.15) is 0 Å². The lowest BCUT2D eigenvalue weighted by atomic mass is 9.32. The van der Waals surface area contributed by atoms with E-state index in [-0.39, 0.29) is 47.3 Å². The molecule has 2 spiro atoms. The molecule has 3 saturated carbocycles. The molecule has 0 amide bonds. The first-order valence-electron chi connectivity index (χ1n) is 19.6. The van der Waals surface area contributed by atoms with E-state index in [9.17, 15) is 20.1 Å². The Bertz CT molecular complexity index is 1640. The molecule has 7 aliphatic rings. The van der Waals surface area contributed by atoms with Gasteiger partial charge in [0, 0.05) is 53.6 Å². The van der Waals surface area contributed by atoms with Crippen LogP contribution in [0.1, 0.15) is 87.6 Å². The van der Waals surface area contributed by atoms with Crippen LogP contribution in [0.3, 0.4) is 0 Å². The van der Waals surface area contributed by atoms with Crippen molar-refractivity contribution in [1.82, 2.24) is 4.90 Å². The molecule has 2 aromatic carbocycles. The van der Waals surface area contributed by atoms with Gasteiger partial charge >= 0.3 is 0 Å². The van der Waals surface area contributed by atoms with Crippen LogP contribution in [0.15, 0.2) is 84.5 Å². The number of ether oxygens (including phenoxy) is 2. The van der Waals surface area contributed by atoms with Crippen LogP contribution in [-0.4, -0.2) is 82.8 Å². The molecule has 51 heavy (non-hydrogen) atoms. The summed E-state index contributed by atoms with van der Waals surface area (Å²) in [6, 6.07) is 19.7. The molecular weight excluding hydrogens is 638 g/mol. The Kier molecular flexibility index (Phi) is 9.25. The van der Waals surface area contributed by atoms with E-state index in [0.29, 0.717) is 44.6 Å². The van der Waals surface area contributed by atoms with Crippen LogP contribution in [0, 0.1) is 33.5 Å². The summed E-state index contributed by atoms with van der Waals surface area (Å²) in [6.07, 6.45) is 13.7. The van der Waals surface area contributed by atoms with Crippen molar-refractivity contribution in [3.8, 4) is 0 Å². The normalized spacial score (nSPS) is 40.1. The fourth-order valence-corrected chi connectivity index (χ4v) is 12.2. The van der Waals surface area contributed by atoms with Crippen LogP contribution < -0.4 is 0 Å². The molecule has 1 aliphatic heterocycles. The third-order valence-electron chi connectivity index (χ3n) is 14.9. The van der Waals surface area contributed by atoms with E-state index >= 15 is 0 Å². The highest BCUT2D eigenvalue weighted by Gasteiger charge is 2.74. The molecule has 4 fully saturated rings. The SMILES string of the molecule is CC12CCC(O)CC13C=CC1(C(C(=O)c4ccccc4)=C3)C2CCC2(C)C1CCC2(O)CN(CC(O)COCc1ccccc1)CC1CCCO1. The summed E-state index contributed by atoms with van der Waals surface area (Å²) in [5.74, 6) is 0.418. The monoisotopic (exact) mass is 695 g/mol. The van der Waals surface area contributed by atoms with Gasteiger partial charge in [-0.1, -0.05) is 92.7 Å². The number of rotatable bonds is 12. The summed E-state index contributed by atoms with van der Waals surface area (Å²) in [4.78, 5) is 17.0. The highest BCUT2D eigenvalue weighted by atomic mass is 16.5. The molecule has 10 unspecified atom stereocenters. The third-order valence-corrected chi connectivity index (χ3v) is 14.9. The van der Waals surface area contributed by atoms with Crippen molar-refractivity contribution in [2.45, 2.75) is 102 Å². The lowest BCUT2D eigenvalue weighted by Crippen LogP contribution is -2.67. The molecule has 9 rings (SSSR count). The lowest BCUT2D eigenvalue weighted by molar-refractivity contribution is -0.177. The second-order valence-electron chi connectivity index (χ2n) is 17.5. The Morgan fingerprint density at radius 1 is 0.941 bits per heavy atom. The number of hydrogen-bond acceptors (Lipinski definition) is 7. The zero-order valence-electron chi connectivity index (χ0n) is 30.5. The van der Waals surface area contributed by atoms with Gasteiger partial charge in [0.2, 0.25) is 0 Å². The fourth-order valence-electron chi connectivity index (χ4n) is 12.2. The van der Waals surface area contributed by atoms with Crippen LogP contribution in [0.4, 0.5) is 0 Å². The minimum atomic E-state index is -1.01. The second kappa shape index (κ2) is 13.3. The van der Waals surface area contributed by atoms with Crippen molar-refractivity contribution in [1.29, 1.82) is 0 Å². The molecule has 2 aromatic rings. The highest BCUT2D eigenvalue weighted by Crippen LogP contribution is 2.78. The number of aliphatic hydroxyl groups is 3. The van der Waals surface area contributed by atoms with Crippen molar-refractivity contribution in [2.24, 2.45) is 33.5 Å². The van der Waals surface area contributed by atoms with Crippen LogP contribution in [0.2, 0.25) is 0 Å². The molecule has 6 aliphatic carbocycles. The lowest BCUT2D eigenvalue weighted by Gasteiger charge is -2.71. The Balaban J connectivity index is 1.10. The third kappa shape index (κ3) is 5.73. The summed E-state index contributed by atoms with van der Waals surface area (Å²) < 4.78 is 12.0. The fraction of sp³-hybridized carbons (Fsp3) is 0.614. The average molecular weight is 696 g/mol. The molecule has 1 saturated heterocycles. The summed E-state index contributed by atoms with van der Waals surface area (Å²) >= 11 is 0. The maximum atomic E-state index is 14.7. The molecule has 0 aromatic heterocycles. The minimum Gasteiger partial charge on any atom is -0.393 e. The maximum absolute atomic E-state index is 14.7. The van der Waals surface area contributed by atoms with E-state index in [1.165, 1.54) is 0 Å². The summed E-state index contributed by atoms with van der Waals surface area (Å²) in [7, 11) is 0. The summed E-state index contributed by atoms with van der Waals surface area (Å²) in [6.45, 7) is 7.63. The van der Waals surface area contributed by atoms with Gasteiger partial charge in [-0.3, -0.25) is 9.69 Å². The minimum absolute atomic E-state index is 0.0702. The number of allylic oxidation sites excluding steroid dienone is 4. The first kappa shape index (κ1) is 35.4. The second-order valence-corrected chi connectivity index (χ2v) is 17.5.